The number of hydrogen-bond donors (Lipinski definition) is 0. The van der Waals surface area contributed by atoms with Gasteiger partial charge in [-0.1, -0.05) is 0 Å². The SMILES string of the molecule is C1CCC(S[PH2](SC2CCCCC2)C([PH2](SC2CCCCC2)SC2CCCCC2)[PH2](SC2CCCCC2)SC2CCCCC2)CC1. The predicted octanol–water partition coefficient (Wildman–Crippen LogP) is 16.0. The Labute approximate surface area is 314 Å². The molecular weight excluding hydrogens is 730 g/mol. The molecular formula is C37H73P3S6. The standard InChI is InChI=1S/C37H73P3S6/c1-7-19-31(20-8-1)41-38(42-32-21-9-2-10-22-32)37(39(43-33-23-11-3-12-24-33)44-34-25-13-4-14-26-34)40(45-35-27-15-5-16-28-35)46-36-29-17-6-18-30-36/h31-37H,1-30,38-40H2. The fourth-order valence-corrected chi connectivity index (χ4v) is 82.9. The summed E-state index contributed by atoms with van der Waals surface area (Å²) in [5.41, 5.74) is 0. The zero-order valence-corrected chi connectivity index (χ0v) is 37.8. The first-order valence-electron chi connectivity index (χ1n) is 20.7. The molecule has 0 spiro atoms. The molecule has 0 aliphatic heterocycles. The molecule has 0 N–H and O–H groups in total. The van der Waals surface area contributed by atoms with Crippen molar-refractivity contribution in [2.45, 2.75) is 229 Å². The van der Waals surface area contributed by atoms with Crippen LogP contribution in [0.3, 0.4) is 0 Å². The Bertz CT molecular complexity index is 638. The molecule has 0 aromatic heterocycles. The third-order valence-corrected chi connectivity index (χ3v) is 61.2. The van der Waals surface area contributed by atoms with Gasteiger partial charge < -0.3 is 0 Å². The van der Waals surface area contributed by atoms with Gasteiger partial charge in [-0.25, -0.2) is 0 Å². The summed E-state index contributed by atoms with van der Waals surface area (Å²) in [5.74, 6) is 0. The first-order chi connectivity index (χ1) is 22.8. The summed E-state index contributed by atoms with van der Waals surface area (Å²) in [4.78, 5) is 0. The Morgan fingerprint density at radius 2 is 0.391 bits per heavy atom. The van der Waals surface area contributed by atoms with Crippen molar-refractivity contribution >= 4 is 87.3 Å². The third kappa shape index (κ3) is 13.4. The van der Waals surface area contributed by atoms with Crippen LogP contribution in [0.15, 0.2) is 0 Å². The van der Waals surface area contributed by atoms with Crippen molar-refractivity contribution in [3.05, 3.63) is 0 Å². The Morgan fingerprint density at radius 3 is 0.543 bits per heavy atom. The second-order valence-electron chi connectivity index (χ2n) is 16.1. The summed E-state index contributed by atoms with van der Waals surface area (Å²) in [5, 5.41) is 7.47. The van der Waals surface area contributed by atoms with Crippen molar-refractivity contribution in [2.24, 2.45) is 0 Å². The van der Waals surface area contributed by atoms with Gasteiger partial charge in [-0.2, -0.15) is 0 Å². The molecule has 6 fully saturated rings. The summed E-state index contributed by atoms with van der Waals surface area (Å²) in [6.07, 6.45) is 43.5. The quantitative estimate of drug-likeness (QED) is 0.150. The molecule has 6 aliphatic rings. The van der Waals surface area contributed by atoms with Crippen molar-refractivity contribution in [3.63, 3.8) is 0 Å². The van der Waals surface area contributed by atoms with Gasteiger partial charge in [0.25, 0.3) is 0 Å². The monoisotopic (exact) mass is 802 g/mol. The van der Waals surface area contributed by atoms with E-state index in [9.17, 15) is 0 Å². The van der Waals surface area contributed by atoms with Gasteiger partial charge in [0.1, 0.15) is 0 Å². The van der Waals surface area contributed by atoms with Crippen LogP contribution in [0.1, 0.15) is 193 Å². The van der Waals surface area contributed by atoms with Gasteiger partial charge in [0.15, 0.2) is 0 Å². The molecule has 0 bridgehead atoms. The van der Waals surface area contributed by atoms with Crippen molar-refractivity contribution in [3.8, 4) is 0 Å². The van der Waals surface area contributed by atoms with Crippen LogP contribution in [-0.4, -0.2) is 36.6 Å². The Balaban J connectivity index is 1.34. The van der Waals surface area contributed by atoms with E-state index in [-0.39, 0.29) is 0 Å². The average Bonchev–Trinajstić information content (AvgIpc) is 3.11. The van der Waals surface area contributed by atoms with Crippen molar-refractivity contribution in [1.29, 1.82) is 0 Å². The molecule has 6 rings (SSSR count). The predicted molar refractivity (Wildman–Crippen MR) is 240 cm³/mol. The molecule has 0 atom stereocenters. The molecule has 0 heterocycles. The van der Waals surface area contributed by atoms with E-state index in [0.717, 1.165) is 31.5 Å². The number of rotatable bonds is 15. The zero-order valence-electron chi connectivity index (χ0n) is 29.4. The molecule has 9 heteroatoms. The summed E-state index contributed by atoms with van der Waals surface area (Å²) in [6.45, 7) is 0. The van der Waals surface area contributed by atoms with E-state index in [2.05, 4.69) is 68.3 Å². The summed E-state index contributed by atoms with van der Waals surface area (Å²) in [7, 11) is 0. The Kier molecular flexibility index (Phi) is 19.2. The van der Waals surface area contributed by atoms with Gasteiger partial charge in [-0.3, -0.25) is 0 Å². The van der Waals surface area contributed by atoms with Crippen molar-refractivity contribution < 1.29 is 0 Å². The van der Waals surface area contributed by atoms with Gasteiger partial charge >= 0.3 is 317 Å². The zero-order chi connectivity index (χ0) is 31.2. The fourth-order valence-electron chi connectivity index (χ4n) is 9.37. The van der Waals surface area contributed by atoms with E-state index in [0.29, 0.717) is 0 Å². The van der Waals surface area contributed by atoms with Gasteiger partial charge in [0.2, 0.25) is 0 Å². The van der Waals surface area contributed by atoms with Gasteiger partial charge in [0, 0.05) is 0 Å². The van der Waals surface area contributed by atoms with E-state index in [1.807, 2.05) is 0 Å². The average molecular weight is 803 g/mol. The molecule has 0 amide bonds. The first kappa shape index (κ1) is 39.1. The third-order valence-electron chi connectivity index (χ3n) is 12.2. The van der Waals surface area contributed by atoms with Gasteiger partial charge in [-0.05, 0) is 0 Å². The molecule has 0 nitrogen and oxygen atoms in total. The topological polar surface area (TPSA) is 0 Å². The molecule has 6 saturated carbocycles. The van der Waals surface area contributed by atoms with Crippen LogP contribution in [0.2, 0.25) is 0 Å². The Hall–Kier alpha value is 3.39. The number of hydrogen-bond acceptors (Lipinski definition) is 6. The van der Waals surface area contributed by atoms with Crippen LogP contribution in [0.5, 0.6) is 0 Å². The molecule has 0 radical (unpaired) electrons. The molecule has 0 aromatic rings. The van der Waals surface area contributed by atoms with Crippen LogP contribution in [0.25, 0.3) is 0 Å². The second kappa shape index (κ2) is 22.6. The summed E-state index contributed by atoms with van der Waals surface area (Å²) < 4.78 is 0. The van der Waals surface area contributed by atoms with Crippen LogP contribution >= 0.6 is 87.3 Å². The fraction of sp³-hybridized carbons (Fsp3) is 1.00. The van der Waals surface area contributed by atoms with E-state index in [1.54, 1.807) is 154 Å². The molecule has 46 heavy (non-hydrogen) atoms. The van der Waals surface area contributed by atoms with Crippen molar-refractivity contribution in [2.75, 3.05) is 0 Å². The Morgan fingerprint density at radius 1 is 0.239 bits per heavy atom. The molecule has 272 valence electrons. The van der Waals surface area contributed by atoms with E-state index in [1.165, 1.54) is 43.7 Å². The van der Waals surface area contributed by atoms with E-state index >= 15 is 0 Å². The maximum atomic E-state index is 2.79. The van der Waals surface area contributed by atoms with Crippen LogP contribution in [-0.2, 0) is 0 Å². The van der Waals surface area contributed by atoms with Crippen LogP contribution in [0, 0.1) is 0 Å². The first-order valence-corrected chi connectivity index (χ1v) is 36.9. The molecule has 0 unspecified atom stereocenters. The van der Waals surface area contributed by atoms with Crippen LogP contribution in [0.4, 0.5) is 0 Å². The van der Waals surface area contributed by atoms with Gasteiger partial charge in [0.05, 0.1) is 0 Å². The van der Waals surface area contributed by atoms with Crippen LogP contribution < -0.4 is 0 Å². The van der Waals surface area contributed by atoms with E-state index in [4.69, 9.17) is 0 Å². The minimum absolute atomic E-state index is 1.02. The molecule has 6 aliphatic carbocycles. The summed E-state index contributed by atoms with van der Waals surface area (Å²) >= 11 is 16.7. The molecule has 0 saturated heterocycles. The molecule has 0 aromatic carbocycles. The second-order valence-corrected chi connectivity index (χ2v) is 45.2. The van der Waals surface area contributed by atoms with Crippen molar-refractivity contribution in [1.82, 2.24) is 0 Å². The maximum absolute atomic E-state index is 2.79. The minimum atomic E-state index is -1.02. The normalized spacial score (nSPS) is 27.8. The van der Waals surface area contributed by atoms with Gasteiger partial charge in [-0.15, -0.1) is 0 Å². The van der Waals surface area contributed by atoms with E-state index < -0.39 is 19.0 Å². The summed E-state index contributed by atoms with van der Waals surface area (Å²) in [6, 6.07) is 0.